The first-order chi connectivity index (χ1) is 8.78. The summed E-state index contributed by atoms with van der Waals surface area (Å²) in [4.78, 5) is 15.8. The van der Waals surface area contributed by atoms with Gasteiger partial charge in [-0.15, -0.1) is 5.10 Å². The number of cyclic esters (lactones) is 1. The van der Waals surface area contributed by atoms with Crippen molar-refractivity contribution < 1.29 is 9.53 Å². The van der Waals surface area contributed by atoms with Gasteiger partial charge in [-0.25, -0.2) is 9.89 Å². The summed E-state index contributed by atoms with van der Waals surface area (Å²) in [5, 5.41) is 10.4. The molecule has 6 nitrogen and oxygen atoms in total. The third-order valence-corrected chi connectivity index (χ3v) is 3.15. The number of thioether (sulfide) groups is 1. The van der Waals surface area contributed by atoms with Crippen LogP contribution in [0.1, 0.15) is 22.1 Å². The number of carbonyl (C=O) groups excluding carboxylic acids is 1. The lowest BCUT2D eigenvalue weighted by molar-refractivity contribution is 0.0436. The molecule has 3 rings (SSSR count). The van der Waals surface area contributed by atoms with E-state index in [0.717, 1.165) is 5.56 Å². The van der Waals surface area contributed by atoms with Crippen molar-refractivity contribution in [3.05, 3.63) is 35.4 Å². The Morgan fingerprint density at radius 1 is 1.44 bits per heavy atom. The molecule has 2 N–H and O–H groups in total. The first kappa shape index (κ1) is 11.1. The molecule has 0 aliphatic carbocycles. The summed E-state index contributed by atoms with van der Waals surface area (Å²) < 4.78 is 5.23. The number of H-pyrrole nitrogens is 1. The van der Waals surface area contributed by atoms with Crippen molar-refractivity contribution >= 4 is 23.7 Å². The number of aromatic nitrogens is 3. The van der Waals surface area contributed by atoms with Gasteiger partial charge in [0.2, 0.25) is 17.3 Å². The van der Waals surface area contributed by atoms with Crippen LogP contribution in [0.3, 0.4) is 0 Å². The number of nitrogens with one attached hydrogen (secondary N) is 2. The molecule has 0 fully saturated rings. The van der Waals surface area contributed by atoms with E-state index in [2.05, 4.69) is 20.5 Å². The van der Waals surface area contributed by atoms with Crippen molar-refractivity contribution in [3.8, 4) is 0 Å². The molecule has 1 aromatic heterocycles. The number of hydrogen-bond donors (Lipinski definition) is 2. The molecular weight excluding hydrogens is 252 g/mol. The highest BCUT2D eigenvalue weighted by Crippen LogP contribution is 2.30. The average molecular weight is 262 g/mol. The standard InChI is InChI=1S/C11H10N4O2S/c1-18-11-13-10(14-15-11)12-8-6-4-2-3-5-7(6)9(16)17-8/h2-5,8H,1H3,(H2,12,13,14,15)/t8-/m1/s1. The minimum Gasteiger partial charge on any atom is -0.434 e. The number of hydrogen-bond acceptors (Lipinski definition) is 6. The maximum absolute atomic E-state index is 11.6. The lowest BCUT2D eigenvalue weighted by Crippen LogP contribution is -2.11. The molecule has 92 valence electrons. The molecule has 1 atom stereocenters. The molecular formula is C11H10N4O2S. The maximum Gasteiger partial charge on any atom is 0.340 e. The average Bonchev–Trinajstić information content (AvgIpc) is 2.97. The van der Waals surface area contributed by atoms with Crippen LogP contribution in [0.2, 0.25) is 0 Å². The van der Waals surface area contributed by atoms with E-state index >= 15 is 0 Å². The summed E-state index contributed by atoms with van der Waals surface area (Å²) in [6.07, 6.45) is 1.37. The normalized spacial score (nSPS) is 17.4. The van der Waals surface area contributed by atoms with Gasteiger partial charge in [0.15, 0.2) is 0 Å². The molecule has 0 amide bonds. The van der Waals surface area contributed by atoms with Crippen molar-refractivity contribution in [2.24, 2.45) is 0 Å². The van der Waals surface area contributed by atoms with Crippen molar-refractivity contribution in [1.29, 1.82) is 0 Å². The molecule has 0 radical (unpaired) electrons. The fourth-order valence-electron chi connectivity index (χ4n) is 1.78. The molecule has 2 heterocycles. The van der Waals surface area contributed by atoms with Crippen molar-refractivity contribution in [2.75, 3.05) is 11.6 Å². The van der Waals surface area contributed by atoms with Crippen LogP contribution in [0.5, 0.6) is 0 Å². The molecule has 0 bridgehead atoms. The molecule has 0 saturated heterocycles. The van der Waals surface area contributed by atoms with Gasteiger partial charge in [0.05, 0.1) is 5.56 Å². The number of benzene rings is 1. The van der Waals surface area contributed by atoms with E-state index in [1.165, 1.54) is 11.8 Å². The van der Waals surface area contributed by atoms with E-state index in [1.807, 2.05) is 24.5 Å². The first-order valence-corrected chi connectivity index (χ1v) is 6.53. The van der Waals surface area contributed by atoms with E-state index in [0.29, 0.717) is 16.7 Å². The Morgan fingerprint density at radius 3 is 3.06 bits per heavy atom. The highest BCUT2D eigenvalue weighted by Gasteiger charge is 2.30. The second-order valence-electron chi connectivity index (χ2n) is 3.69. The van der Waals surface area contributed by atoms with Crippen LogP contribution >= 0.6 is 11.8 Å². The first-order valence-electron chi connectivity index (χ1n) is 5.31. The van der Waals surface area contributed by atoms with Crippen molar-refractivity contribution in [2.45, 2.75) is 11.4 Å². The van der Waals surface area contributed by atoms with E-state index in [-0.39, 0.29) is 5.97 Å². The van der Waals surface area contributed by atoms with Gasteiger partial charge in [0.1, 0.15) is 0 Å². The summed E-state index contributed by atoms with van der Waals surface area (Å²) in [7, 11) is 0. The lowest BCUT2D eigenvalue weighted by Gasteiger charge is -2.10. The van der Waals surface area contributed by atoms with Crippen LogP contribution in [0.15, 0.2) is 29.4 Å². The lowest BCUT2D eigenvalue weighted by atomic mass is 10.1. The number of nitrogens with zero attached hydrogens (tertiary/aromatic N) is 2. The number of ether oxygens (including phenoxy) is 1. The second-order valence-corrected chi connectivity index (χ2v) is 4.46. The minimum absolute atomic E-state index is 0.326. The fourth-order valence-corrected chi connectivity index (χ4v) is 2.10. The predicted octanol–water partition coefficient (Wildman–Crippen LogP) is 1.81. The quantitative estimate of drug-likeness (QED) is 0.648. The number of fused-ring (bicyclic) bond motifs is 1. The molecule has 0 unspecified atom stereocenters. The van der Waals surface area contributed by atoms with E-state index in [1.54, 1.807) is 6.07 Å². The fraction of sp³-hybridized carbons (Fsp3) is 0.182. The number of anilines is 1. The van der Waals surface area contributed by atoms with Gasteiger partial charge in [-0.05, 0) is 12.3 Å². The Balaban J connectivity index is 1.85. The molecule has 0 spiro atoms. The number of carbonyl (C=O) groups is 1. The second kappa shape index (κ2) is 4.34. The number of esters is 1. The number of rotatable bonds is 3. The van der Waals surface area contributed by atoms with E-state index in [4.69, 9.17) is 4.74 Å². The molecule has 0 saturated carbocycles. The maximum atomic E-state index is 11.6. The molecule has 1 aliphatic heterocycles. The van der Waals surface area contributed by atoms with Crippen LogP contribution in [-0.2, 0) is 4.74 Å². The van der Waals surface area contributed by atoms with E-state index < -0.39 is 6.23 Å². The summed E-state index contributed by atoms with van der Waals surface area (Å²) in [6, 6.07) is 7.27. The van der Waals surface area contributed by atoms with E-state index in [9.17, 15) is 4.79 Å². The van der Waals surface area contributed by atoms with Crippen molar-refractivity contribution in [1.82, 2.24) is 15.2 Å². The van der Waals surface area contributed by atoms with Gasteiger partial charge < -0.3 is 10.1 Å². The molecule has 1 aromatic carbocycles. The zero-order chi connectivity index (χ0) is 12.5. The predicted molar refractivity (Wildman–Crippen MR) is 66.4 cm³/mol. The van der Waals surface area contributed by atoms with Crippen molar-refractivity contribution in [3.63, 3.8) is 0 Å². The SMILES string of the molecule is CSc1n[nH]c(N[C@@H]2OC(=O)c3ccccc32)n1. The summed E-state index contributed by atoms with van der Waals surface area (Å²) >= 11 is 1.43. The summed E-state index contributed by atoms with van der Waals surface area (Å²) in [6.45, 7) is 0. The van der Waals surface area contributed by atoms with Crippen LogP contribution in [0, 0.1) is 0 Å². The van der Waals surface area contributed by atoms with Crippen LogP contribution < -0.4 is 5.32 Å². The molecule has 2 aromatic rings. The van der Waals surface area contributed by atoms with Crippen LogP contribution in [0.25, 0.3) is 0 Å². The summed E-state index contributed by atoms with van der Waals surface area (Å²) in [5.41, 5.74) is 1.39. The molecule has 7 heteroatoms. The Morgan fingerprint density at radius 2 is 2.28 bits per heavy atom. The Labute approximate surface area is 107 Å². The monoisotopic (exact) mass is 262 g/mol. The summed E-state index contributed by atoms with van der Waals surface area (Å²) in [5.74, 6) is 0.154. The minimum atomic E-state index is -0.517. The zero-order valence-corrected chi connectivity index (χ0v) is 10.3. The third kappa shape index (κ3) is 1.82. The third-order valence-electron chi connectivity index (χ3n) is 2.60. The van der Waals surface area contributed by atoms with Crippen LogP contribution in [-0.4, -0.2) is 27.4 Å². The topological polar surface area (TPSA) is 79.9 Å². The van der Waals surface area contributed by atoms with Gasteiger partial charge in [-0.3, -0.25) is 0 Å². The Bertz CT molecular complexity index is 598. The highest BCUT2D eigenvalue weighted by molar-refractivity contribution is 7.98. The van der Waals surface area contributed by atoms with Crippen LogP contribution in [0.4, 0.5) is 5.95 Å². The Hall–Kier alpha value is -2.02. The zero-order valence-electron chi connectivity index (χ0n) is 9.51. The number of aromatic amines is 1. The van der Waals surface area contributed by atoms with Gasteiger partial charge in [-0.1, -0.05) is 30.0 Å². The van der Waals surface area contributed by atoms with Gasteiger partial charge in [-0.2, -0.15) is 4.98 Å². The molecule has 18 heavy (non-hydrogen) atoms. The van der Waals surface area contributed by atoms with Gasteiger partial charge in [0, 0.05) is 5.56 Å². The Kier molecular flexibility index (Phi) is 2.67. The van der Waals surface area contributed by atoms with Gasteiger partial charge in [0.25, 0.3) is 0 Å². The molecule has 1 aliphatic rings. The highest BCUT2D eigenvalue weighted by atomic mass is 32.2. The van der Waals surface area contributed by atoms with Gasteiger partial charge >= 0.3 is 5.97 Å². The largest absolute Gasteiger partial charge is 0.434 e. The smallest absolute Gasteiger partial charge is 0.340 e.